The maximum atomic E-state index is 4.15. The molecule has 2 heteroatoms. The molecule has 1 fully saturated rings. The Balaban J connectivity index is 2.24. The quantitative estimate of drug-likeness (QED) is 0.701. The average Bonchev–Trinajstić information content (AvgIpc) is 2.18. The Labute approximate surface area is 94.7 Å². The molecule has 0 aromatic carbocycles. The van der Waals surface area contributed by atoms with Crippen LogP contribution in [0.4, 0.5) is 0 Å². The zero-order valence-electron chi connectivity index (χ0n) is 10.6. The Bertz CT molecular complexity index is 199. The molecule has 1 saturated heterocycles. The predicted molar refractivity (Wildman–Crippen MR) is 67.2 cm³/mol. The van der Waals surface area contributed by atoms with Crippen LogP contribution in [0, 0.1) is 0 Å². The minimum absolute atomic E-state index is 0.556. The fourth-order valence-corrected chi connectivity index (χ4v) is 2.08. The zero-order chi connectivity index (χ0) is 11.3. The van der Waals surface area contributed by atoms with Crippen molar-refractivity contribution in [3.63, 3.8) is 0 Å². The number of rotatable bonds is 5. The molecule has 0 bridgehead atoms. The smallest absolute Gasteiger partial charge is 0.0205 e. The van der Waals surface area contributed by atoms with Gasteiger partial charge in [0.2, 0.25) is 0 Å². The van der Waals surface area contributed by atoms with Crippen molar-refractivity contribution in [2.75, 3.05) is 19.6 Å². The van der Waals surface area contributed by atoms with Crippen LogP contribution in [0.15, 0.2) is 12.2 Å². The highest BCUT2D eigenvalue weighted by Crippen LogP contribution is 2.16. The summed E-state index contributed by atoms with van der Waals surface area (Å²) >= 11 is 0. The molecule has 1 heterocycles. The minimum Gasteiger partial charge on any atom is -0.311 e. The van der Waals surface area contributed by atoms with E-state index in [-0.39, 0.29) is 0 Å². The molecule has 0 aromatic rings. The topological polar surface area (TPSA) is 15.3 Å². The van der Waals surface area contributed by atoms with Gasteiger partial charge in [-0.05, 0) is 31.9 Å². The number of hydrogen-bond acceptors (Lipinski definition) is 2. The standard InChI is InChI=1S/C13H26N2/c1-11(2)14-9-12(3)10-15-8-6-5-7-13(15)4/h11,13-14H,3,5-10H2,1-2,4H3. The van der Waals surface area contributed by atoms with Gasteiger partial charge in [-0.15, -0.1) is 0 Å². The SMILES string of the molecule is C=C(CNC(C)C)CN1CCCCC1C. The van der Waals surface area contributed by atoms with Crippen LogP contribution in [0.3, 0.4) is 0 Å². The van der Waals surface area contributed by atoms with Crippen molar-refractivity contribution in [3.05, 3.63) is 12.2 Å². The summed E-state index contributed by atoms with van der Waals surface area (Å²) < 4.78 is 0. The van der Waals surface area contributed by atoms with Gasteiger partial charge < -0.3 is 5.32 Å². The van der Waals surface area contributed by atoms with Gasteiger partial charge in [0.1, 0.15) is 0 Å². The van der Waals surface area contributed by atoms with E-state index >= 15 is 0 Å². The lowest BCUT2D eigenvalue weighted by Crippen LogP contribution is -2.40. The Morgan fingerprint density at radius 2 is 2.20 bits per heavy atom. The summed E-state index contributed by atoms with van der Waals surface area (Å²) in [5, 5.41) is 3.42. The highest BCUT2D eigenvalue weighted by atomic mass is 15.2. The van der Waals surface area contributed by atoms with Crippen molar-refractivity contribution < 1.29 is 0 Å². The van der Waals surface area contributed by atoms with E-state index in [4.69, 9.17) is 0 Å². The van der Waals surface area contributed by atoms with Crippen LogP contribution in [-0.4, -0.2) is 36.6 Å². The number of hydrogen-bond donors (Lipinski definition) is 1. The summed E-state index contributed by atoms with van der Waals surface area (Å²) in [6.07, 6.45) is 4.11. The Kier molecular flexibility index (Phi) is 5.34. The second-order valence-corrected chi connectivity index (χ2v) is 5.10. The van der Waals surface area contributed by atoms with Crippen molar-refractivity contribution in [1.29, 1.82) is 0 Å². The van der Waals surface area contributed by atoms with Crippen LogP contribution in [0.2, 0.25) is 0 Å². The third-order valence-electron chi connectivity index (χ3n) is 3.13. The maximum Gasteiger partial charge on any atom is 0.0205 e. The molecule has 15 heavy (non-hydrogen) atoms. The molecular weight excluding hydrogens is 184 g/mol. The molecule has 0 aromatic heterocycles. The van der Waals surface area contributed by atoms with Crippen LogP contribution in [0.25, 0.3) is 0 Å². The molecule has 1 N–H and O–H groups in total. The lowest BCUT2D eigenvalue weighted by Gasteiger charge is -2.34. The first-order valence-electron chi connectivity index (χ1n) is 6.23. The number of nitrogens with one attached hydrogen (secondary N) is 1. The van der Waals surface area contributed by atoms with Gasteiger partial charge in [0.25, 0.3) is 0 Å². The monoisotopic (exact) mass is 210 g/mol. The molecule has 2 nitrogen and oxygen atoms in total. The summed E-state index contributed by atoms with van der Waals surface area (Å²) in [6.45, 7) is 14.1. The van der Waals surface area contributed by atoms with Gasteiger partial charge in [-0.3, -0.25) is 4.90 Å². The van der Waals surface area contributed by atoms with E-state index in [2.05, 4.69) is 37.6 Å². The summed E-state index contributed by atoms with van der Waals surface area (Å²) in [6, 6.07) is 1.30. The number of likely N-dealkylation sites (tertiary alicyclic amines) is 1. The highest BCUT2D eigenvalue weighted by Gasteiger charge is 2.18. The lowest BCUT2D eigenvalue weighted by atomic mass is 10.0. The lowest BCUT2D eigenvalue weighted by molar-refractivity contribution is 0.174. The van der Waals surface area contributed by atoms with Gasteiger partial charge in [0.15, 0.2) is 0 Å². The third kappa shape index (κ3) is 4.80. The fourth-order valence-electron chi connectivity index (χ4n) is 2.08. The van der Waals surface area contributed by atoms with E-state index in [0.29, 0.717) is 6.04 Å². The van der Waals surface area contributed by atoms with Crippen molar-refractivity contribution in [2.45, 2.75) is 52.1 Å². The van der Waals surface area contributed by atoms with Crippen LogP contribution >= 0.6 is 0 Å². The molecule has 0 saturated carbocycles. The van der Waals surface area contributed by atoms with Crippen LogP contribution in [-0.2, 0) is 0 Å². The van der Waals surface area contributed by atoms with Gasteiger partial charge in [-0.1, -0.05) is 26.8 Å². The molecular formula is C13H26N2. The number of piperidine rings is 1. The van der Waals surface area contributed by atoms with E-state index in [1.807, 2.05) is 0 Å². The third-order valence-corrected chi connectivity index (χ3v) is 3.13. The van der Waals surface area contributed by atoms with Crippen molar-refractivity contribution in [3.8, 4) is 0 Å². The van der Waals surface area contributed by atoms with E-state index in [1.165, 1.54) is 31.4 Å². The van der Waals surface area contributed by atoms with Gasteiger partial charge in [-0.25, -0.2) is 0 Å². The van der Waals surface area contributed by atoms with Crippen LogP contribution in [0.1, 0.15) is 40.0 Å². The molecule has 1 atom stereocenters. The van der Waals surface area contributed by atoms with Gasteiger partial charge >= 0.3 is 0 Å². The first-order valence-corrected chi connectivity index (χ1v) is 6.23. The molecule has 0 amide bonds. The highest BCUT2D eigenvalue weighted by molar-refractivity contribution is 5.01. The van der Waals surface area contributed by atoms with E-state index < -0.39 is 0 Å². The second kappa shape index (κ2) is 6.29. The molecule has 0 spiro atoms. The first-order chi connectivity index (χ1) is 7.09. The average molecular weight is 210 g/mol. The van der Waals surface area contributed by atoms with Crippen LogP contribution < -0.4 is 5.32 Å². The van der Waals surface area contributed by atoms with Gasteiger partial charge in [0.05, 0.1) is 0 Å². The summed E-state index contributed by atoms with van der Waals surface area (Å²) in [7, 11) is 0. The van der Waals surface area contributed by atoms with E-state index in [9.17, 15) is 0 Å². The van der Waals surface area contributed by atoms with Crippen molar-refractivity contribution in [1.82, 2.24) is 10.2 Å². The van der Waals surface area contributed by atoms with E-state index in [1.54, 1.807) is 0 Å². The fraction of sp³-hybridized carbons (Fsp3) is 0.846. The summed E-state index contributed by atoms with van der Waals surface area (Å²) in [5.74, 6) is 0. The van der Waals surface area contributed by atoms with Gasteiger partial charge in [0, 0.05) is 25.2 Å². The predicted octanol–water partition coefficient (Wildman–Crippen LogP) is 2.42. The molecule has 1 rings (SSSR count). The second-order valence-electron chi connectivity index (χ2n) is 5.10. The minimum atomic E-state index is 0.556. The molecule has 1 aliphatic heterocycles. The van der Waals surface area contributed by atoms with Crippen molar-refractivity contribution >= 4 is 0 Å². The molecule has 1 unspecified atom stereocenters. The normalized spacial score (nSPS) is 23.3. The Hall–Kier alpha value is -0.340. The molecule has 88 valence electrons. The van der Waals surface area contributed by atoms with E-state index in [0.717, 1.165) is 19.1 Å². The summed E-state index contributed by atoms with van der Waals surface area (Å²) in [5.41, 5.74) is 1.32. The molecule has 0 radical (unpaired) electrons. The maximum absolute atomic E-state index is 4.15. The zero-order valence-corrected chi connectivity index (χ0v) is 10.6. The largest absolute Gasteiger partial charge is 0.311 e. The van der Waals surface area contributed by atoms with Crippen LogP contribution in [0.5, 0.6) is 0 Å². The molecule has 0 aliphatic carbocycles. The van der Waals surface area contributed by atoms with Crippen molar-refractivity contribution in [2.24, 2.45) is 0 Å². The summed E-state index contributed by atoms with van der Waals surface area (Å²) in [4.78, 5) is 2.56. The molecule has 1 aliphatic rings. The van der Waals surface area contributed by atoms with Gasteiger partial charge in [-0.2, -0.15) is 0 Å². The Morgan fingerprint density at radius 1 is 1.47 bits per heavy atom. The number of nitrogens with zero attached hydrogens (tertiary/aromatic N) is 1. The first kappa shape index (κ1) is 12.7. The Morgan fingerprint density at radius 3 is 2.80 bits per heavy atom.